The van der Waals surface area contributed by atoms with Crippen molar-refractivity contribution in [3.63, 3.8) is 0 Å². The molecule has 0 aromatic carbocycles. The van der Waals surface area contributed by atoms with Gasteiger partial charge in [-0.1, -0.05) is 18.9 Å². The molecule has 0 radical (unpaired) electrons. The molecule has 0 atom stereocenters. The van der Waals surface area contributed by atoms with E-state index in [-0.39, 0.29) is 11.3 Å². The fourth-order valence-corrected chi connectivity index (χ4v) is 3.30. The van der Waals surface area contributed by atoms with Crippen molar-refractivity contribution in [1.29, 1.82) is 0 Å². The topological polar surface area (TPSA) is 59.2 Å². The van der Waals surface area contributed by atoms with E-state index in [0.29, 0.717) is 19.1 Å². The van der Waals surface area contributed by atoms with Gasteiger partial charge in [0.05, 0.1) is 5.41 Å². The summed E-state index contributed by atoms with van der Waals surface area (Å²) in [5, 5.41) is 0. The van der Waals surface area contributed by atoms with E-state index in [1.165, 1.54) is 0 Å². The van der Waals surface area contributed by atoms with Crippen LogP contribution in [0, 0.1) is 5.41 Å². The van der Waals surface area contributed by atoms with Gasteiger partial charge in [-0.3, -0.25) is 9.78 Å². The Morgan fingerprint density at radius 1 is 1.40 bits per heavy atom. The van der Waals surface area contributed by atoms with Crippen molar-refractivity contribution in [2.75, 3.05) is 6.54 Å². The fourth-order valence-electron chi connectivity index (χ4n) is 3.30. The van der Waals surface area contributed by atoms with Gasteiger partial charge in [-0.15, -0.1) is 0 Å². The number of hydrogen-bond acceptors (Lipinski definition) is 3. The maximum absolute atomic E-state index is 13.0. The predicted molar refractivity (Wildman–Crippen MR) is 77.8 cm³/mol. The first-order valence-electron chi connectivity index (χ1n) is 7.65. The molecule has 20 heavy (non-hydrogen) atoms. The lowest BCUT2D eigenvalue weighted by Crippen LogP contribution is -2.47. The summed E-state index contributed by atoms with van der Waals surface area (Å²) in [7, 11) is 0. The number of amides is 1. The minimum absolute atomic E-state index is 0.281. The number of nitrogens with zero attached hydrogens (tertiary/aromatic N) is 2. The van der Waals surface area contributed by atoms with E-state index in [4.69, 9.17) is 5.73 Å². The first-order chi connectivity index (χ1) is 9.75. The molecule has 108 valence electrons. The zero-order chi connectivity index (χ0) is 14.0. The van der Waals surface area contributed by atoms with Crippen LogP contribution in [-0.2, 0) is 11.3 Å². The predicted octanol–water partition coefficient (Wildman–Crippen LogP) is 2.09. The highest BCUT2D eigenvalue weighted by atomic mass is 16.2. The Balaban J connectivity index is 1.78. The molecule has 2 aliphatic rings. The summed E-state index contributed by atoms with van der Waals surface area (Å²) >= 11 is 0. The lowest BCUT2D eigenvalue weighted by molar-refractivity contribution is -0.142. The smallest absolute Gasteiger partial charge is 0.230 e. The van der Waals surface area contributed by atoms with Gasteiger partial charge in [-0.25, -0.2) is 0 Å². The Hall–Kier alpha value is -1.42. The van der Waals surface area contributed by atoms with Crippen molar-refractivity contribution in [2.45, 2.75) is 51.1 Å². The molecule has 2 N–H and O–H groups in total. The van der Waals surface area contributed by atoms with Crippen molar-refractivity contribution in [3.8, 4) is 0 Å². The van der Waals surface area contributed by atoms with Gasteiger partial charge >= 0.3 is 0 Å². The minimum Gasteiger partial charge on any atom is -0.335 e. The third-order valence-electron chi connectivity index (χ3n) is 4.73. The van der Waals surface area contributed by atoms with Crippen molar-refractivity contribution >= 4 is 5.91 Å². The average Bonchev–Trinajstić information content (AvgIpc) is 3.22. The Morgan fingerprint density at radius 2 is 2.15 bits per heavy atom. The molecule has 2 saturated carbocycles. The Bertz CT molecular complexity index is 464. The van der Waals surface area contributed by atoms with Crippen LogP contribution in [0.4, 0.5) is 0 Å². The lowest BCUT2D eigenvalue weighted by atomic mass is 9.84. The fraction of sp³-hybridized carbons (Fsp3) is 0.625. The second-order valence-electron chi connectivity index (χ2n) is 6.22. The normalized spacial score (nSPS) is 20.9. The SMILES string of the molecule is NCC1(C(=O)N(Cc2cccnc2)C2CC2)CCCC1. The van der Waals surface area contributed by atoms with Crippen LogP contribution in [0.15, 0.2) is 24.5 Å². The first kappa shape index (κ1) is 13.6. The van der Waals surface area contributed by atoms with E-state index < -0.39 is 0 Å². The number of carbonyl (C=O) groups is 1. The number of nitrogens with two attached hydrogens (primary N) is 1. The molecule has 4 heteroatoms. The van der Waals surface area contributed by atoms with Crippen LogP contribution >= 0.6 is 0 Å². The molecule has 3 rings (SSSR count). The third kappa shape index (κ3) is 2.57. The van der Waals surface area contributed by atoms with Crippen LogP contribution in [-0.4, -0.2) is 28.4 Å². The van der Waals surface area contributed by atoms with Crippen LogP contribution in [0.25, 0.3) is 0 Å². The highest BCUT2D eigenvalue weighted by Crippen LogP contribution is 2.41. The van der Waals surface area contributed by atoms with Crippen LogP contribution in [0.3, 0.4) is 0 Å². The summed E-state index contributed by atoms with van der Waals surface area (Å²) in [5.41, 5.74) is 6.78. The Kier molecular flexibility index (Phi) is 3.74. The molecule has 2 aliphatic carbocycles. The first-order valence-corrected chi connectivity index (χ1v) is 7.65. The van der Waals surface area contributed by atoms with Gasteiger partial charge in [0.1, 0.15) is 0 Å². The molecule has 0 spiro atoms. The van der Waals surface area contributed by atoms with Crippen LogP contribution in [0.5, 0.6) is 0 Å². The summed E-state index contributed by atoms with van der Waals surface area (Å²) in [4.78, 5) is 19.2. The molecule has 2 fully saturated rings. The molecule has 0 bridgehead atoms. The quantitative estimate of drug-likeness (QED) is 0.893. The zero-order valence-corrected chi connectivity index (χ0v) is 11.9. The second-order valence-corrected chi connectivity index (χ2v) is 6.22. The van der Waals surface area contributed by atoms with E-state index in [2.05, 4.69) is 9.88 Å². The number of carbonyl (C=O) groups excluding carboxylic acids is 1. The Morgan fingerprint density at radius 3 is 2.70 bits per heavy atom. The lowest BCUT2D eigenvalue weighted by Gasteiger charge is -2.33. The maximum atomic E-state index is 13.0. The average molecular weight is 273 g/mol. The van der Waals surface area contributed by atoms with Gasteiger partial charge in [0.25, 0.3) is 0 Å². The molecule has 1 aromatic rings. The van der Waals surface area contributed by atoms with Gasteiger partial charge in [-0.2, -0.15) is 0 Å². The van der Waals surface area contributed by atoms with Crippen molar-refractivity contribution < 1.29 is 4.79 Å². The van der Waals surface area contributed by atoms with E-state index in [9.17, 15) is 4.79 Å². The van der Waals surface area contributed by atoms with E-state index in [0.717, 1.165) is 44.1 Å². The largest absolute Gasteiger partial charge is 0.335 e. The molecular weight excluding hydrogens is 250 g/mol. The van der Waals surface area contributed by atoms with E-state index in [1.54, 1.807) is 6.20 Å². The standard InChI is InChI=1S/C16H23N3O/c17-12-16(7-1-2-8-16)15(20)19(14-5-6-14)11-13-4-3-9-18-10-13/h3-4,9-10,14H,1-2,5-8,11-12,17H2. The van der Waals surface area contributed by atoms with Crippen LogP contribution in [0.2, 0.25) is 0 Å². The molecule has 0 aliphatic heterocycles. The van der Waals surface area contributed by atoms with Crippen molar-refractivity contribution in [2.24, 2.45) is 11.1 Å². The summed E-state index contributed by atoms with van der Waals surface area (Å²) in [6.07, 6.45) is 10.1. The highest BCUT2D eigenvalue weighted by molar-refractivity contribution is 5.84. The number of rotatable bonds is 5. The van der Waals surface area contributed by atoms with Gasteiger partial charge in [-0.05, 0) is 37.3 Å². The summed E-state index contributed by atoms with van der Waals surface area (Å²) in [6, 6.07) is 4.39. The number of hydrogen-bond donors (Lipinski definition) is 1. The third-order valence-corrected chi connectivity index (χ3v) is 4.73. The summed E-state index contributed by atoms with van der Waals surface area (Å²) < 4.78 is 0. The molecule has 0 saturated heterocycles. The van der Waals surface area contributed by atoms with Crippen molar-refractivity contribution in [3.05, 3.63) is 30.1 Å². The van der Waals surface area contributed by atoms with Crippen LogP contribution < -0.4 is 5.73 Å². The number of pyridine rings is 1. The van der Waals surface area contributed by atoms with Gasteiger partial charge in [0, 0.05) is 31.5 Å². The molecule has 1 amide bonds. The molecular formula is C16H23N3O. The van der Waals surface area contributed by atoms with Crippen LogP contribution in [0.1, 0.15) is 44.1 Å². The van der Waals surface area contributed by atoms with E-state index in [1.807, 2.05) is 18.3 Å². The summed E-state index contributed by atoms with van der Waals surface area (Å²) in [6.45, 7) is 1.17. The molecule has 1 heterocycles. The molecule has 1 aromatic heterocycles. The van der Waals surface area contributed by atoms with Gasteiger partial charge in [0.15, 0.2) is 0 Å². The maximum Gasteiger partial charge on any atom is 0.230 e. The molecule has 4 nitrogen and oxygen atoms in total. The molecule has 0 unspecified atom stereocenters. The van der Waals surface area contributed by atoms with Crippen molar-refractivity contribution in [1.82, 2.24) is 9.88 Å². The van der Waals surface area contributed by atoms with E-state index >= 15 is 0 Å². The zero-order valence-electron chi connectivity index (χ0n) is 11.9. The summed E-state index contributed by atoms with van der Waals surface area (Å²) in [5.74, 6) is 0.281. The second kappa shape index (κ2) is 5.52. The monoisotopic (exact) mass is 273 g/mol. The highest BCUT2D eigenvalue weighted by Gasteiger charge is 2.45. The Labute approximate surface area is 120 Å². The minimum atomic E-state index is -0.287. The van der Waals surface area contributed by atoms with Gasteiger partial charge < -0.3 is 10.6 Å². The van der Waals surface area contributed by atoms with Gasteiger partial charge in [0.2, 0.25) is 5.91 Å². The number of aromatic nitrogens is 1.